The second-order valence-corrected chi connectivity index (χ2v) is 5.53. The minimum atomic E-state index is -0.683. The van der Waals surface area contributed by atoms with Gasteiger partial charge in [0.25, 0.3) is 0 Å². The molecule has 1 N–H and O–H groups in total. The Morgan fingerprint density at radius 1 is 1.00 bits per heavy atom. The third kappa shape index (κ3) is 2.82. The molecule has 1 atom stereocenters. The third-order valence-corrected chi connectivity index (χ3v) is 3.77. The van der Waals surface area contributed by atoms with Crippen LogP contribution < -0.4 is 4.74 Å². The fraction of sp³-hybridized carbons (Fsp3) is 0.294. The van der Waals surface area contributed by atoms with Crippen LogP contribution in [-0.2, 0) is 0 Å². The van der Waals surface area contributed by atoms with Crippen molar-refractivity contribution in [3.8, 4) is 5.75 Å². The molecular weight excluding hydrogens is 272 g/mol. The lowest BCUT2D eigenvalue weighted by Crippen LogP contribution is -2.04. The van der Waals surface area contributed by atoms with Gasteiger partial charge in [-0.1, -0.05) is 17.7 Å². The standard InChI is InChI=1S/C17H19ClO2/c1-10-5-6-14(18)9-15(10)16(19)13-7-11(2)17(20-4)12(3)8-13/h5-9,16,19H,1-4H3. The highest BCUT2D eigenvalue weighted by molar-refractivity contribution is 6.30. The van der Waals surface area contributed by atoms with Crippen molar-refractivity contribution in [1.29, 1.82) is 0 Å². The van der Waals surface area contributed by atoms with Crippen molar-refractivity contribution in [1.82, 2.24) is 0 Å². The monoisotopic (exact) mass is 290 g/mol. The molecule has 2 rings (SSSR count). The van der Waals surface area contributed by atoms with Gasteiger partial charge in [0.15, 0.2) is 0 Å². The summed E-state index contributed by atoms with van der Waals surface area (Å²) in [4.78, 5) is 0. The van der Waals surface area contributed by atoms with E-state index in [1.165, 1.54) is 0 Å². The van der Waals surface area contributed by atoms with Crippen LogP contribution in [0.3, 0.4) is 0 Å². The fourth-order valence-electron chi connectivity index (χ4n) is 2.55. The van der Waals surface area contributed by atoms with Crippen LogP contribution in [0.4, 0.5) is 0 Å². The highest BCUT2D eigenvalue weighted by Gasteiger charge is 2.16. The summed E-state index contributed by atoms with van der Waals surface area (Å²) in [6, 6.07) is 9.48. The van der Waals surface area contributed by atoms with Crippen molar-refractivity contribution < 1.29 is 9.84 Å². The molecule has 20 heavy (non-hydrogen) atoms. The predicted molar refractivity (Wildman–Crippen MR) is 82.7 cm³/mol. The highest BCUT2D eigenvalue weighted by atomic mass is 35.5. The van der Waals surface area contributed by atoms with Gasteiger partial charge in [-0.15, -0.1) is 0 Å². The molecule has 106 valence electrons. The molecular formula is C17H19ClO2. The van der Waals surface area contributed by atoms with Crippen LogP contribution in [0.25, 0.3) is 0 Å². The zero-order valence-electron chi connectivity index (χ0n) is 12.2. The van der Waals surface area contributed by atoms with E-state index in [1.807, 2.05) is 51.1 Å². The molecule has 0 aliphatic heterocycles. The Hall–Kier alpha value is -1.51. The van der Waals surface area contributed by atoms with E-state index >= 15 is 0 Å². The van der Waals surface area contributed by atoms with Crippen molar-refractivity contribution in [2.45, 2.75) is 26.9 Å². The largest absolute Gasteiger partial charge is 0.496 e. The molecule has 1 unspecified atom stereocenters. The number of aliphatic hydroxyl groups is 1. The maximum absolute atomic E-state index is 10.6. The summed E-state index contributed by atoms with van der Waals surface area (Å²) in [5.74, 6) is 0.865. The van der Waals surface area contributed by atoms with Crippen LogP contribution in [0, 0.1) is 20.8 Å². The molecule has 2 aromatic rings. The van der Waals surface area contributed by atoms with Crippen molar-refractivity contribution in [3.63, 3.8) is 0 Å². The Balaban J connectivity index is 2.48. The normalized spacial score (nSPS) is 12.3. The van der Waals surface area contributed by atoms with E-state index < -0.39 is 6.10 Å². The zero-order valence-corrected chi connectivity index (χ0v) is 13.0. The van der Waals surface area contributed by atoms with Gasteiger partial charge in [-0.2, -0.15) is 0 Å². The number of halogens is 1. The quantitative estimate of drug-likeness (QED) is 0.910. The van der Waals surface area contributed by atoms with Gasteiger partial charge >= 0.3 is 0 Å². The van der Waals surface area contributed by atoms with E-state index in [0.717, 1.165) is 33.6 Å². The predicted octanol–water partition coefficient (Wildman–Crippen LogP) is 4.36. The van der Waals surface area contributed by atoms with Crippen molar-refractivity contribution in [2.75, 3.05) is 7.11 Å². The van der Waals surface area contributed by atoms with Gasteiger partial charge in [0, 0.05) is 5.02 Å². The van der Waals surface area contributed by atoms with Gasteiger partial charge < -0.3 is 9.84 Å². The summed E-state index contributed by atoms with van der Waals surface area (Å²) in [7, 11) is 1.66. The Morgan fingerprint density at radius 3 is 2.15 bits per heavy atom. The fourth-order valence-corrected chi connectivity index (χ4v) is 2.73. The first-order chi connectivity index (χ1) is 9.43. The number of rotatable bonds is 3. The van der Waals surface area contributed by atoms with Crippen LogP contribution in [0.2, 0.25) is 5.02 Å². The summed E-state index contributed by atoms with van der Waals surface area (Å²) in [5.41, 5.74) is 4.74. The second-order valence-electron chi connectivity index (χ2n) is 5.09. The Labute approximate surface area is 125 Å². The molecule has 0 saturated heterocycles. The topological polar surface area (TPSA) is 29.5 Å². The maximum atomic E-state index is 10.6. The highest BCUT2D eigenvalue weighted by Crippen LogP contribution is 2.32. The number of hydrogen-bond donors (Lipinski definition) is 1. The number of ether oxygens (including phenoxy) is 1. The molecule has 0 spiro atoms. The van der Waals surface area contributed by atoms with E-state index in [2.05, 4.69) is 0 Å². The molecule has 3 heteroatoms. The Kier molecular flexibility index (Phi) is 4.36. The van der Waals surface area contributed by atoms with Gasteiger partial charge in [0.2, 0.25) is 0 Å². The van der Waals surface area contributed by atoms with E-state index in [-0.39, 0.29) is 0 Å². The SMILES string of the molecule is COc1c(C)cc(C(O)c2cc(Cl)ccc2C)cc1C. The van der Waals surface area contributed by atoms with E-state index in [9.17, 15) is 5.11 Å². The lowest BCUT2D eigenvalue weighted by molar-refractivity contribution is 0.219. The number of methoxy groups -OCH3 is 1. The lowest BCUT2D eigenvalue weighted by Gasteiger charge is -2.18. The van der Waals surface area contributed by atoms with Crippen LogP contribution >= 0.6 is 11.6 Å². The average Bonchev–Trinajstić information content (AvgIpc) is 2.40. The molecule has 0 bridgehead atoms. The third-order valence-electron chi connectivity index (χ3n) is 3.54. The second kappa shape index (κ2) is 5.86. The smallest absolute Gasteiger partial charge is 0.124 e. The molecule has 2 nitrogen and oxygen atoms in total. The van der Waals surface area contributed by atoms with E-state index in [1.54, 1.807) is 7.11 Å². The van der Waals surface area contributed by atoms with Gasteiger partial charge in [-0.3, -0.25) is 0 Å². The summed E-state index contributed by atoms with van der Waals surface area (Å²) in [5, 5.41) is 11.2. The van der Waals surface area contributed by atoms with Crippen molar-refractivity contribution in [2.24, 2.45) is 0 Å². The van der Waals surface area contributed by atoms with Crippen LogP contribution in [0.1, 0.15) is 33.9 Å². The van der Waals surface area contributed by atoms with Crippen LogP contribution in [-0.4, -0.2) is 12.2 Å². The van der Waals surface area contributed by atoms with Crippen molar-refractivity contribution >= 4 is 11.6 Å². The summed E-state index contributed by atoms with van der Waals surface area (Å²) in [6.45, 7) is 5.93. The summed E-state index contributed by atoms with van der Waals surface area (Å²) in [6.07, 6.45) is -0.683. The first-order valence-corrected chi connectivity index (χ1v) is 6.91. The van der Waals surface area contributed by atoms with E-state index in [4.69, 9.17) is 16.3 Å². The molecule has 0 aliphatic rings. The van der Waals surface area contributed by atoms with Gasteiger partial charge in [-0.05, 0) is 72.9 Å². The number of aryl methyl sites for hydroxylation is 3. The minimum absolute atomic E-state index is 0.631. The number of benzene rings is 2. The maximum Gasteiger partial charge on any atom is 0.124 e. The number of hydrogen-bond acceptors (Lipinski definition) is 2. The summed E-state index contributed by atoms with van der Waals surface area (Å²) >= 11 is 6.03. The molecule has 0 heterocycles. The van der Waals surface area contributed by atoms with Gasteiger partial charge in [-0.25, -0.2) is 0 Å². The molecule has 0 fully saturated rings. The first-order valence-electron chi connectivity index (χ1n) is 6.53. The number of aliphatic hydroxyl groups excluding tert-OH is 1. The van der Waals surface area contributed by atoms with Crippen LogP contribution in [0.5, 0.6) is 5.75 Å². The first kappa shape index (κ1) is 14.9. The molecule has 0 saturated carbocycles. The molecule has 2 aromatic carbocycles. The van der Waals surface area contributed by atoms with Gasteiger partial charge in [0.05, 0.1) is 7.11 Å². The lowest BCUT2D eigenvalue weighted by atomic mass is 9.94. The molecule has 0 aromatic heterocycles. The molecule has 0 aliphatic carbocycles. The van der Waals surface area contributed by atoms with Crippen LogP contribution in [0.15, 0.2) is 30.3 Å². The van der Waals surface area contributed by atoms with E-state index in [0.29, 0.717) is 5.02 Å². The minimum Gasteiger partial charge on any atom is -0.496 e. The molecule has 0 amide bonds. The average molecular weight is 291 g/mol. The van der Waals surface area contributed by atoms with Gasteiger partial charge in [0.1, 0.15) is 11.9 Å². The zero-order chi connectivity index (χ0) is 14.9. The molecule has 0 radical (unpaired) electrons. The Morgan fingerprint density at radius 2 is 1.60 bits per heavy atom. The summed E-state index contributed by atoms with van der Waals surface area (Å²) < 4.78 is 5.36. The van der Waals surface area contributed by atoms with Crippen molar-refractivity contribution in [3.05, 3.63) is 63.2 Å². The Bertz CT molecular complexity index is 612.